The number of phosphoric ester groups is 1. The van der Waals surface area contributed by atoms with E-state index in [9.17, 15) is 44.6 Å². The molecule has 1 saturated carbocycles. The Balaban J connectivity index is 2.40. The van der Waals surface area contributed by atoms with E-state index in [-0.39, 0.29) is 12.8 Å². The Morgan fingerprint density at radius 1 is 0.443 bits per heavy atom. The zero-order valence-corrected chi connectivity index (χ0v) is 39.4. The van der Waals surface area contributed by atoms with Crippen LogP contribution in [0.5, 0.6) is 0 Å². The lowest BCUT2D eigenvalue weighted by atomic mass is 9.85. The van der Waals surface area contributed by atoms with Gasteiger partial charge in [0.05, 0.1) is 6.61 Å². The molecule has 1 rings (SSSR count). The van der Waals surface area contributed by atoms with Crippen molar-refractivity contribution < 1.29 is 63.1 Å². The third kappa shape index (κ3) is 30.6. The minimum atomic E-state index is -5.11. The molecule has 6 N–H and O–H groups in total. The van der Waals surface area contributed by atoms with E-state index in [4.69, 9.17) is 18.5 Å². The first-order valence-electron chi connectivity index (χ1n) is 24.8. The van der Waals surface area contributed by atoms with E-state index in [0.29, 0.717) is 12.8 Å². The van der Waals surface area contributed by atoms with Gasteiger partial charge >= 0.3 is 19.8 Å². The van der Waals surface area contributed by atoms with Gasteiger partial charge < -0.3 is 39.9 Å². The van der Waals surface area contributed by atoms with E-state index in [1.165, 1.54) is 154 Å². The monoisotopic (exact) mass is 895 g/mol. The molecule has 8 atom stereocenters. The lowest BCUT2D eigenvalue weighted by molar-refractivity contribution is -0.220. The summed E-state index contributed by atoms with van der Waals surface area (Å²) in [5.41, 5.74) is 0. The Morgan fingerprint density at radius 3 is 1.08 bits per heavy atom. The fourth-order valence-corrected chi connectivity index (χ4v) is 8.91. The van der Waals surface area contributed by atoms with Crippen LogP contribution in [-0.2, 0) is 32.7 Å². The maximum absolute atomic E-state index is 12.8. The summed E-state index contributed by atoms with van der Waals surface area (Å²) in [7, 11) is -5.11. The standard InChI is InChI=1S/C47H91O13P/c1-3-5-7-9-11-13-15-17-19-20-22-23-25-27-29-31-33-35-40(48)57-37-39(38-58-61(55,56)60-47-45(53)43(51)42(50)44(52)46(47)54)59-41(49)36-34-32-30-28-26-24-21-18-16-14-12-10-8-6-4-2/h39,42-47,50-54H,3-38H2,1-2H3,(H,55,56)/t39-,42?,43-,44?,45?,46?,47?/m0/s1. The lowest BCUT2D eigenvalue weighted by Gasteiger charge is -2.41. The first kappa shape index (κ1) is 57.9. The molecule has 0 spiro atoms. The Bertz CT molecular complexity index is 1080. The number of carbonyl (C=O) groups excluding carboxylic acids is 2. The highest BCUT2D eigenvalue weighted by Crippen LogP contribution is 2.47. The van der Waals surface area contributed by atoms with Crippen LogP contribution in [0.25, 0.3) is 0 Å². The van der Waals surface area contributed by atoms with Gasteiger partial charge in [-0.1, -0.05) is 206 Å². The van der Waals surface area contributed by atoms with Crippen LogP contribution in [-0.4, -0.2) is 98.3 Å². The van der Waals surface area contributed by atoms with E-state index < -0.39 is 75.7 Å². The van der Waals surface area contributed by atoms with Gasteiger partial charge in [0.1, 0.15) is 43.2 Å². The number of unbranched alkanes of at least 4 members (excludes halogenated alkanes) is 30. The number of hydrogen-bond acceptors (Lipinski definition) is 12. The first-order valence-corrected chi connectivity index (χ1v) is 26.3. The van der Waals surface area contributed by atoms with Gasteiger partial charge in [-0.25, -0.2) is 4.57 Å². The summed E-state index contributed by atoms with van der Waals surface area (Å²) >= 11 is 0. The number of phosphoric acid groups is 1. The van der Waals surface area contributed by atoms with E-state index in [2.05, 4.69) is 13.8 Å². The quantitative estimate of drug-likeness (QED) is 0.0192. The molecule has 0 radical (unpaired) electrons. The highest BCUT2D eigenvalue weighted by molar-refractivity contribution is 7.47. The van der Waals surface area contributed by atoms with Gasteiger partial charge in [0.25, 0.3) is 0 Å². The van der Waals surface area contributed by atoms with Crippen LogP contribution in [0.1, 0.15) is 232 Å². The zero-order valence-electron chi connectivity index (χ0n) is 38.5. The molecule has 362 valence electrons. The second-order valence-corrected chi connectivity index (χ2v) is 19.1. The first-order chi connectivity index (χ1) is 29.4. The fourth-order valence-electron chi connectivity index (χ4n) is 7.94. The molecule has 1 aliphatic rings. The molecular weight excluding hydrogens is 803 g/mol. The van der Waals surface area contributed by atoms with Gasteiger partial charge in [0.2, 0.25) is 0 Å². The Labute approximate surface area is 370 Å². The summed E-state index contributed by atoms with van der Waals surface area (Å²) in [6, 6.07) is 0. The summed E-state index contributed by atoms with van der Waals surface area (Å²) < 4.78 is 33.6. The molecule has 0 heterocycles. The Morgan fingerprint density at radius 2 is 0.738 bits per heavy atom. The topological polar surface area (TPSA) is 210 Å². The average molecular weight is 895 g/mol. The highest BCUT2D eigenvalue weighted by Gasteiger charge is 2.51. The molecule has 61 heavy (non-hydrogen) atoms. The van der Waals surface area contributed by atoms with Crippen molar-refractivity contribution in [2.24, 2.45) is 0 Å². The van der Waals surface area contributed by atoms with Crippen LogP contribution in [0.4, 0.5) is 0 Å². The predicted molar refractivity (Wildman–Crippen MR) is 240 cm³/mol. The SMILES string of the molecule is CCCCCCCCCCCCCCCCCCCC(=O)OC[C@@H](COP(=O)(O)OC1C(O)C(O)C(O)[C@H](O)C1O)OC(=O)CCCCCCCCCCCCCCCCC. The van der Waals surface area contributed by atoms with E-state index >= 15 is 0 Å². The van der Waals surface area contributed by atoms with Gasteiger partial charge in [0, 0.05) is 12.8 Å². The van der Waals surface area contributed by atoms with Crippen LogP contribution in [0.2, 0.25) is 0 Å². The molecule has 0 saturated heterocycles. The van der Waals surface area contributed by atoms with Crippen molar-refractivity contribution >= 4 is 19.8 Å². The Hall–Kier alpha value is -1.15. The number of aliphatic hydroxyl groups excluding tert-OH is 5. The van der Waals surface area contributed by atoms with Gasteiger partial charge in [-0.3, -0.25) is 18.6 Å². The normalized spacial score (nSPS) is 21.9. The van der Waals surface area contributed by atoms with Crippen molar-refractivity contribution in [3.05, 3.63) is 0 Å². The van der Waals surface area contributed by atoms with Crippen molar-refractivity contribution in [1.82, 2.24) is 0 Å². The lowest BCUT2D eigenvalue weighted by Crippen LogP contribution is -2.64. The molecule has 14 heteroatoms. The molecule has 0 amide bonds. The second-order valence-electron chi connectivity index (χ2n) is 17.7. The molecule has 0 aromatic carbocycles. The molecule has 1 aliphatic carbocycles. The summed E-state index contributed by atoms with van der Waals surface area (Å²) in [5, 5.41) is 50.2. The summed E-state index contributed by atoms with van der Waals surface area (Å²) in [5.74, 6) is -1.08. The Kier molecular flexibility index (Phi) is 36.2. The number of ether oxygens (including phenoxy) is 2. The fraction of sp³-hybridized carbons (Fsp3) is 0.957. The van der Waals surface area contributed by atoms with E-state index in [1.807, 2.05) is 0 Å². The summed E-state index contributed by atoms with van der Waals surface area (Å²) in [4.78, 5) is 35.8. The van der Waals surface area contributed by atoms with Crippen LogP contribution in [0, 0.1) is 0 Å². The highest BCUT2D eigenvalue weighted by atomic mass is 31.2. The summed E-state index contributed by atoms with van der Waals surface area (Å²) in [6.07, 6.45) is 25.8. The van der Waals surface area contributed by atoms with Crippen molar-refractivity contribution in [2.75, 3.05) is 13.2 Å². The molecule has 0 aromatic rings. The zero-order chi connectivity index (χ0) is 45.0. The number of aliphatic hydroxyl groups is 5. The molecule has 1 fully saturated rings. The number of hydrogen-bond donors (Lipinski definition) is 6. The van der Waals surface area contributed by atoms with Crippen molar-refractivity contribution in [1.29, 1.82) is 0 Å². The number of esters is 2. The largest absolute Gasteiger partial charge is 0.472 e. The maximum Gasteiger partial charge on any atom is 0.472 e. The maximum atomic E-state index is 12.8. The smallest absolute Gasteiger partial charge is 0.462 e. The summed E-state index contributed by atoms with van der Waals surface area (Å²) in [6.45, 7) is 3.34. The van der Waals surface area contributed by atoms with Crippen LogP contribution >= 0.6 is 7.82 Å². The molecular formula is C47H91O13P. The third-order valence-electron chi connectivity index (χ3n) is 11.9. The second kappa shape index (κ2) is 38.2. The minimum Gasteiger partial charge on any atom is -0.462 e. The van der Waals surface area contributed by atoms with Gasteiger partial charge in [-0.15, -0.1) is 0 Å². The predicted octanol–water partition coefficient (Wildman–Crippen LogP) is 10.1. The molecule has 0 bridgehead atoms. The molecule has 0 aliphatic heterocycles. The third-order valence-corrected chi connectivity index (χ3v) is 12.9. The molecule has 0 aromatic heterocycles. The van der Waals surface area contributed by atoms with E-state index in [0.717, 1.165) is 38.5 Å². The van der Waals surface area contributed by atoms with Gasteiger partial charge in [-0.05, 0) is 12.8 Å². The van der Waals surface area contributed by atoms with Crippen molar-refractivity contribution in [2.45, 2.75) is 275 Å². The van der Waals surface area contributed by atoms with Crippen LogP contribution in [0.15, 0.2) is 0 Å². The molecule has 6 unspecified atom stereocenters. The van der Waals surface area contributed by atoms with Crippen molar-refractivity contribution in [3.8, 4) is 0 Å². The minimum absolute atomic E-state index is 0.105. The number of rotatable bonds is 42. The van der Waals surface area contributed by atoms with Crippen molar-refractivity contribution in [3.63, 3.8) is 0 Å². The molecule has 13 nitrogen and oxygen atoms in total. The van der Waals surface area contributed by atoms with Gasteiger partial charge in [0.15, 0.2) is 6.10 Å². The average Bonchev–Trinajstić information content (AvgIpc) is 3.24. The van der Waals surface area contributed by atoms with E-state index in [1.54, 1.807) is 0 Å². The number of carbonyl (C=O) groups is 2. The van der Waals surface area contributed by atoms with Gasteiger partial charge in [-0.2, -0.15) is 0 Å². The van der Waals surface area contributed by atoms with Crippen LogP contribution in [0.3, 0.4) is 0 Å². The van der Waals surface area contributed by atoms with Crippen LogP contribution < -0.4 is 0 Å².